The van der Waals surface area contributed by atoms with Crippen molar-refractivity contribution in [3.63, 3.8) is 0 Å². The molecule has 0 radical (unpaired) electrons. The molecule has 126 valence electrons. The van der Waals surface area contributed by atoms with Crippen LogP contribution in [0.1, 0.15) is 58.2 Å². The zero-order chi connectivity index (χ0) is 16.7. The first-order chi connectivity index (χ1) is 11.6. The van der Waals surface area contributed by atoms with Crippen LogP contribution < -0.4 is 10.6 Å². The number of amides is 2. The van der Waals surface area contributed by atoms with Gasteiger partial charge in [0.05, 0.1) is 5.69 Å². The molecule has 8 nitrogen and oxygen atoms in total. The van der Waals surface area contributed by atoms with Gasteiger partial charge in [0, 0.05) is 18.7 Å². The highest BCUT2D eigenvalue weighted by Gasteiger charge is 2.30. The Bertz CT molecular complexity index is 803. The Morgan fingerprint density at radius 1 is 1.29 bits per heavy atom. The van der Waals surface area contributed by atoms with Crippen molar-refractivity contribution in [1.82, 2.24) is 20.0 Å². The number of aromatic nitrogens is 3. The van der Waals surface area contributed by atoms with Gasteiger partial charge in [0.1, 0.15) is 11.5 Å². The average Bonchev–Trinajstić information content (AvgIpc) is 3.15. The van der Waals surface area contributed by atoms with Crippen LogP contribution in [-0.4, -0.2) is 32.6 Å². The number of hydrogen-bond acceptors (Lipinski definition) is 5. The summed E-state index contributed by atoms with van der Waals surface area (Å²) in [5.74, 6) is 0.650. The van der Waals surface area contributed by atoms with Crippen LogP contribution in [0.3, 0.4) is 0 Å². The van der Waals surface area contributed by atoms with Gasteiger partial charge in [-0.15, -0.1) is 0 Å². The Hall–Kier alpha value is -2.64. The van der Waals surface area contributed by atoms with E-state index in [1.165, 1.54) is 0 Å². The Balaban J connectivity index is 1.63. The quantitative estimate of drug-likeness (QED) is 0.888. The fraction of sp³-hybridized carbons (Fsp3) is 0.500. The maximum atomic E-state index is 12.6. The fourth-order valence-electron chi connectivity index (χ4n) is 2.98. The third kappa shape index (κ3) is 2.79. The number of hydrogen-bond donors (Lipinski definition) is 2. The molecule has 2 aliphatic rings. The minimum absolute atomic E-state index is 0.181. The molecule has 1 aliphatic heterocycles. The monoisotopic (exact) mass is 329 g/mol. The Kier molecular flexibility index (Phi) is 3.59. The molecular weight excluding hydrogens is 310 g/mol. The second kappa shape index (κ2) is 5.77. The van der Waals surface area contributed by atoms with E-state index in [2.05, 4.69) is 20.8 Å². The fourth-order valence-corrected chi connectivity index (χ4v) is 2.98. The van der Waals surface area contributed by atoms with Crippen LogP contribution in [0.15, 0.2) is 10.6 Å². The predicted octanol–water partition coefficient (Wildman–Crippen LogP) is 1.66. The molecule has 0 unspecified atom stereocenters. The summed E-state index contributed by atoms with van der Waals surface area (Å²) >= 11 is 0. The first-order valence-electron chi connectivity index (χ1n) is 8.27. The summed E-state index contributed by atoms with van der Waals surface area (Å²) in [5, 5.41) is 9.39. The van der Waals surface area contributed by atoms with E-state index in [-0.39, 0.29) is 23.7 Å². The van der Waals surface area contributed by atoms with Crippen molar-refractivity contribution in [2.45, 2.75) is 51.6 Å². The van der Waals surface area contributed by atoms with E-state index in [4.69, 9.17) is 4.52 Å². The van der Waals surface area contributed by atoms with Crippen molar-refractivity contribution < 1.29 is 14.1 Å². The van der Waals surface area contributed by atoms with Crippen LogP contribution in [-0.2, 0) is 13.0 Å². The maximum Gasteiger partial charge on any atom is 0.292 e. The molecule has 3 heterocycles. The summed E-state index contributed by atoms with van der Waals surface area (Å²) < 4.78 is 6.81. The van der Waals surface area contributed by atoms with E-state index in [9.17, 15) is 9.59 Å². The maximum absolute atomic E-state index is 12.6. The molecular formula is C16H19N5O3. The van der Waals surface area contributed by atoms with E-state index >= 15 is 0 Å². The minimum atomic E-state index is -0.378. The topological polar surface area (TPSA) is 102 Å². The van der Waals surface area contributed by atoms with Crippen LogP contribution in [0.2, 0.25) is 0 Å². The van der Waals surface area contributed by atoms with Crippen LogP contribution in [0.5, 0.6) is 0 Å². The van der Waals surface area contributed by atoms with E-state index in [1.54, 1.807) is 13.0 Å². The number of anilines is 1. The number of imidazole rings is 1. The molecule has 0 atom stereocenters. The number of rotatable bonds is 4. The highest BCUT2D eigenvalue weighted by Crippen LogP contribution is 2.24. The summed E-state index contributed by atoms with van der Waals surface area (Å²) in [7, 11) is 0. The van der Waals surface area contributed by atoms with Gasteiger partial charge in [-0.1, -0.05) is 5.16 Å². The van der Waals surface area contributed by atoms with E-state index in [0.29, 0.717) is 23.8 Å². The molecule has 0 saturated heterocycles. The van der Waals surface area contributed by atoms with Crippen molar-refractivity contribution >= 4 is 17.6 Å². The zero-order valence-corrected chi connectivity index (χ0v) is 13.5. The summed E-state index contributed by atoms with van der Waals surface area (Å²) in [4.78, 5) is 29.3. The van der Waals surface area contributed by atoms with E-state index < -0.39 is 0 Å². The molecule has 2 amide bonds. The van der Waals surface area contributed by atoms with Gasteiger partial charge >= 0.3 is 0 Å². The Morgan fingerprint density at radius 2 is 2.12 bits per heavy atom. The van der Waals surface area contributed by atoms with Crippen LogP contribution in [0.4, 0.5) is 5.82 Å². The number of carbonyl (C=O) groups excluding carboxylic acids is 2. The first kappa shape index (κ1) is 14.9. The number of fused-ring (bicyclic) bond motifs is 1. The predicted molar refractivity (Wildman–Crippen MR) is 84.8 cm³/mol. The molecule has 0 spiro atoms. The third-order valence-electron chi connectivity index (χ3n) is 4.32. The van der Waals surface area contributed by atoms with Crippen LogP contribution in [0.25, 0.3) is 0 Å². The minimum Gasteiger partial charge on any atom is -0.360 e. The van der Waals surface area contributed by atoms with E-state index in [1.807, 2.05) is 4.57 Å². The van der Waals surface area contributed by atoms with Crippen molar-refractivity contribution in [3.05, 3.63) is 29.0 Å². The third-order valence-corrected chi connectivity index (χ3v) is 4.32. The lowest BCUT2D eigenvalue weighted by Gasteiger charge is -2.16. The zero-order valence-electron chi connectivity index (χ0n) is 13.5. The highest BCUT2D eigenvalue weighted by atomic mass is 16.5. The van der Waals surface area contributed by atoms with Crippen molar-refractivity contribution in [2.75, 3.05) is 5.32 Å². The Labute approximate surface area is 138 Å². The number of aryl methyl sites for hydroxylation is 1. The molecule has 0 bridgehead atoms. The van der Waals surface area contributed by atoms with Crippen molar-refractivity contribution in [3.8, 4) is 0 Å². The molecule has 4 rings (SSSR count). The summed E-state index contributed by atoms with van der Waals surface area (Å²) in [6, 6.07) is 1.90. The second-order valence-corrected chi connectivity index (χ2v) is 6.36. The highest BCUT2D eigenvalue weighted by molar-refractivity contribution is 6.03. The number of nitrogens with one attached hydrogen (secondary N) is 2. The van der Waals surface area contributed by atoms with Crippen LogP contribution >= 0.6 is 0 Å². The van der Waals surface area contributed by atoms with Gasteiger partial charge in [0.25, 0.3) is 11.8 Å². The lowest BCUT2D eigenvalue weighted by atomic mass is 10.1. The number of nitrogens with zero attached hydrogens (tertiary/aromatic N) is 3. The summed E-state index contributed by atoms with van der Waals surface area (Å²) in [6.07, 6.45) is 4.76. The normalized spacial score (nSPS) is 16.5. The molecule has 24 heavy (non-hydrogen) atoms. The molecule has 2 aromatic heterocycles. The lowest BCUT2D eigenvalue weighted by molar-refractivity contribution is 0.0945. The van der Waals surface area contributed by atoms with Gasteiger partial charge in [-0.05, 0) is 39.0 Å². The van der Waals surface area contributed by atoms with E-state index in [0.717, 1.165) is 37.8 Å². The van der Waals surface area contributed by atoms with Gasteiger partial charge in [-0.25, -0.2) is 4.98 Å². The molecule has 2 aromatic rings. The van der Waals surface area contributed by atoms with Gasteiger partial charge in [0.2, 0.25) is 0 Å². The van der Waals surface area contributed by atoms with Gasteiger partial charge in [-0.2, -0.15) is 0 Å². The Morgan fingerprint density at radius 3 is 2.83 bits per heavy atom. The lowest BCUT2D eigenvalue weighted by Crippen LogP contribution is -2.27. The SMILES string of the molecule is Cc1cc(NC(=O)c2nc(C(=O)NC3CC3)c3n2CCCC3)no1. The summed E-state index contributed by atoms with van der Waals surface area (Å²) in [6.45, 7) is 2.44. The van der Waals surface area contributed by atoms with Gasteiger partial charge < -0.3 is 19.7 Å². The molecule has 1 saturated carbocycles. The molecule has 8 heteroatoms. The standard InChI is InChI=1S/C16H19N5O3/c1-9-8-12(20-24-9)18-16(23)14-19-13(15(22)17-10-5-6-10)11-4-2-3-7-21(11)14/h8,10H,2-7H2,1H3,(H,17,22)(H,18,20,23). The van der Waals surface area contributed by atoms with Gasteiger partial charge in [-0.3, -0.25) is 9.59 Å². The van der Waals surface area contributed by atoms with Crippen LogP contribution in [0, 0.1) is 6.92 Å². The number of carbonyl (C=O) groups is 2. The molecule has 1 fully saturated rings. The molecule has 0 aromatic carbocycles. The second-order valence-electron chi connectivity index (χ2n) is 6.36. The van der Waals surface area contributed by atoms with Crippen molar-refractivity contribution in [1.29, 1.82) is 0 Å². The average molecular weight is 329 g/mol. The van der Waals surface area contributed by atoms with Crippen molar-refractivity contribution in [2.24, 2.45) is 0 Å². The molecule has 1 aliphatic carbocycles. The first-order valence-corrected chi connectivity index (χ1v) is 8.27. The molecule has 2 N–H and O–H groups in total. The largest absolute Gasteiger partial charge is 0.360 e. The van der Waals surface area contributed by atoms with Gasteiger partial charge in [0.15, 0.2) is 11.6 Å². The summed E-state index contributed by atoms with van der Waals surface area (Å²) in [5.41, 5.74) is 1.23. The smallest absolute Gasteiger partial charge is 0.292 e.